The van der Waals surface area contributed by atoms with Crippen LogP contribution in [-0.4, -0.2) is 24.7 Å². The molecule has 2 rings (SSSR count). The van der Waals surface area contributed by atoms with Crippen LogP contribution in [0.25, 0.3) is 0 Å². The molecule has 0 atom stereocenters. The van der Waals surface area contributed by atoms with Crippen LogP contribution in [0, 0.1) is 5.41 Å². The van der Waals surface area contributed by atoms with Crippen molar-refractivity contribution in [3.8, 4) is 0 Å². The van der Waals surface area contributed by atoms with Crippen molar-refractivity contribution >= 4 is 30.1 Å². The summed E-state index contributed by atoms with van der Waals surface area (Å²) >= 11 is 1.77. The lowest BCUT2D eigenvalue weighted by Crippen LogP contribution is -2.44. The molecular weight excluding hydrogens is 292 g/mol. The van der Waals surface area contributed by atoms with Gasteiger partial charge in [0, 0.05) is 23.7 Å². The van der Waals surface area contributed by atoms with Crippen LogP contribution in [0.4, 0.5) is 0 Å². The van der Waals surface area contributed by atoms with Crippen molar-refractivity contribution in [3.63, 3.8) is 0 Å². The third-order valence-corrected chi connectivity index (χ3v) is 4.85. The zero-order chi connectivity index (χ0) is 13.6. The third kappa shape index (κ3) is 4.40. The average molecular weight is 315 g/mol. The van der Waals surface area contributed by atoms with Gasteiger partial charge < -0.3 is 11.1 Å². The lowest BCUT2D eigenvalue weighted by molar-refractivity contribution is -0.130. The summed E-state index contributed by atoms with van der Waals surface area (Å²) in [6.07, 6.45) is 4.15. The van der Waals surface area contributed by atoms with Crippen LogP contribution in [0.3, 0.4) is 0 Å². The molecule has 112 valence electrons. The fourth-order valence-electron chi connectivity index (χ4n) is 2.61. The average Bonchev–Trinajstić information content (AvgIpc) is 2.94. The van der Waals surface area contributed by atoms with Crippen LogP contribution in [0.2, 0.25) is 0 Å². The Kier molecular flexibility index (Phi) is 7.41. The smallest absolute Gasteiger partial charge is 0.227 e. The molecule has 1 aromatic carbocycles. The molecule has 1 fully saturated rings. The van der Waals surface area contributed by atoms with E-state index in [0.29, 0.717) is 13.1 Å². The zero-order valence-electron chi connectivity index (χ0n) is 11.6. The first-order valence-corrected chi connectivity index (χ1v) is 7.92. The van der Waals surface area contributed by atoms with Crippen molar-refractivity contribution in [1.82, 2.24) is 5.32 Å². The molecule has 1 aromatic rings. The van der Waals surface area contributed by atoms with E-state index in [4.69, 9.17) is 5.73 Å². The summed E-state index contributed by atoms with van der Waals surface area (Å²) in [6, 6.07) is 10.2. The Labute approximate surface area is 131 Å². The Morgan fingerprint density at radius 1 is 1.25 bits per heavy atom. The maximum Gasteiger partial charge on any atom is 0.227 e. The number of benzene rings is 1. The molecule has 20 heavy (non-hydrogen) atoms. The van der Waals surface area contributed by atoms with Crippen LogP contribution in [0.1, 0.15) is 25.7 Å². The predicted octanol–water partition coefficient (Wildman–Crippen LogP) is 2.84. The minimum atomic E-state index is -0.280. The molecule has 0 aromatic heterocycles. The van der Waals surface area contributed by atoms with Crippen LogP contribution in [0.15, 0.2) is 35.2 Å². The topological polar surface area (TPSA) is 55.1 Å². The number of nitrogens with one attached hydrogen (secondary N) is 1. The normalized spacial score (nSPS) is 16.4. The summed E-state index contributed by atoms with van der Waals surface area (Å²) in [5.74, 6) is 1.05. The Morgan fingerprint density at radius 2 is 1.90 bits per heavy atom. The van der Waals surface area contributed by atoms with Gasteiger partial charge in [-0.05, 0) is 25.0 Å². The van der Waals surface area contributed by atoms with Crippen LogP contribution < -0.4 is 11.1 Å². The molecule has 0 heterocycles. The monoisotopic (exact) mass is 314 g/mol. The predicted molar refractivity (Wildman–Crippen MR) is 87.4 cm³/mol. The number of hydrogen-bond acceptors (Lipinski definition) is 3. The molecule has 0 bridgehead atoms. The minimum absolute atomic E-state index is 0. The van der Waals surface area contributed by atoms with Crippen LogP contribution >= 0.6 is 24.2 Å². The summed E-state index contributed by atoms with van der Waals surface area (Å²) < 4.78 is 0. The first-order chi connectivity index (χ1) is 9.27. The first-order valence-electron chi connectivity index (χ1n) is 6.93. The van der Waals surface area contributed by atoms with Crippen molar-refractivity contribution in [1.29, 1.82) is 0 Å². The lowest BCUT2D eigenvalue weighted by Gasteiger charge is -2.25. The second-order valence-corrected chi connectivity index (χ2v) is 6.28. The number of hydrogen-bond donors (Lipinski definition) is 2. The highest BCUT2D eigenvalue weighted by Gasteiger charge is 2.39. The van der Waals surface area contributed by atoms with Gasteiger partial charge >= 0.3 is 0 Å². The Morgan fingerprint density at radius 3 is 2.50 bits per heavy atom. The number of rotatable bonds is 6. The van der Waals surface area contributed by atoms with Gasteiger partial charge in [0.2, 0.25) is 5.91 Å². The molecule has 0 radical (unpaired) electrons. The molecule has 0 unspecified atom stereocenters. The van der Waals surface area contributed by atoms with Crippen molar-refractivity contribution in [2.24, 2.45) is 11.1 Å². The van der Waals surface area contributed by atoms with Gasteiger partial charge in [0.25, 0.3) is 0 Å². The molecule has 3 N–H and O–H groups in total. The molecule has 0 spiro atoms. The first kappa shape index (κ1) is 17.3. The second-order valence-electron chi connectivity index (χ2n) is 5.11. The van der Waals surface area contributed by atoms with E-state index in [-0.39, 0.29) is 23.7 Å². The van der Waals surface area contributed by atoms with Gasteiger partial charge in [0.15, 0.2) is 0 Å². The van der Waals surface area contributed by atoms with Crippen molar-refractivity contribution in [2.45, 2.75) is 30.6 Å². The lowest BCUT2D eigenvalue weighted by atomic mass is 9.85. The fourth-order valence-corrected chi connectivity index (χ4v) is 3.40. The molecule has 1 aliphatic rings. The quantitative estimate of drug-likeness (QED) is 0.627. The van der Waals surface area contributed by atoms with Crippen molar-refractivity contribution in [3.05, 3.63) is 30.3 Å². The number of carbonyl (C=O) groups excluding carboxylic acids is 1. The Hall–Kier alpha value is -0.710. The highest BCUT2D eigenvalue weighted by molar-refractivity contribution is 7.99. The molecule has 1 saturated carbocycles. The number of halogens is 1. The summed E-state index contributed by atoms with van der Waals surface area (Å²) in [5.41, 5.74) is 5.52. The maximum atomic E-state index is 12.2. The molecular formula is C15H23ClN2OS. The number of carbonyl (C=O) groups is 1. The van der Waals surface area contributed by atoms with E-state index in [0.717, 1.165) is 31.4 Å². The molecule has 0 aliphatic heterocycles. The SMILES string of the molecule is Cl.NCC1(C(=O)NCCSc2ccccc2)CCCC1. The maximum absolute atomic E-state index is 12.2. The minimum Gasteiger partial charge on any atom is -0.355 e. The van der Waals surface area contributed by atoms with Gasteiger partial charge in [-0.1, -0.05) is 31.0 Å². The highest BCUT2D eigenvalue weighted by atomic mass is 35.5. The standard InChI is InChI=1S/C15H22N2OS.ClH/c16-12-15(8-4-5-9-15)14(18)17-10-11-19-13-6-2-1-3-7-13;/h1-3,6-7H,4-5,8-12,16H2,(H,17,18);1H. The second kappa shape index (κ2) is 8.55. The van der Waals surface area contributed by atoms with E-state index in [1.165, 1.54) is 4.90 Å². The van der Waals surface area contributed by atoms with Crippen LogP contribution in [0.5, 0.6) is 0 Å². The highest BCUT2D eigenvalue weighted by Crippen LogP contribution is 2.37. The van der Waals surface area contributed by atoms with E-state index in [2.05, 4.69) is 17.4 Å². The largest absolute Gasteiger partial charge is 0.355 e. The molecule has 3 nitrogen and oxygen atoms in total. The zero-order valence-corrected chi connectivity index (χ0v) is 13.3. The third-order valence-electron chi connectivity index (χ3n) is 3.83. The number of nitrogens with two attached hydrogens (primary N) is 1. The molecule has 5 heteroatoms. The van der Waals surface area contributed by atoms with Gasteiger partial charge in [-0.3, -0.25) is 4.79 Å². The fraction of sp³-hybridized carbons (Fsp3) is 0.533. The Bertz CT molecular complexity index is 408. The van der Waals surface area contributed by atoms with Gasteiger partial charge in [-0.2, -0.15) is 0 Å². The van der Waals surface area contributed by atoms with Crippen molar-refractivity contribution < 1.29 is 4.79 Å². The van der Waals surface area contributed by atoms with E-state index in [1.807, 2.05) is 18.2 Å². The van der Waals surface area contributed by atoms with E-state index >= 15 is 0 Å². The Balaban J connectivity index is 0.00000200. The van der Waals surface area contributed by atoms with E-state index < -0.39 is 0 Å². The molecule has 1 aliphatic carbocycles. The van der Waals surface area contributed by atoms with Gasteiger partial charge in [-0.25, -0.2) is 0 Å². The van der Waals surface area contributed by atoms with Crippen LogP contribution in [-0.2, 0) is 4.79 Å². The van der Waals surface area contributed by atoms with E-state index in [9.17, 15) is 4.79 Å². The number of thioether (sulfide) groups is 1. The van der Waals surface area contributed by atoms with Gasteiger partial charge in [0.1, 0.15) is 0 Å². The summed E-state index contributed by atoms with van der Waals surface area (Å²) in [5, 5.41) is 3.05. The van der Waals surface area contributed by atoms with Crippen molar-refractivity contribution in [2.75, 3.05) is 18.8 Å². The van der Waals surface area contributed by atoms with Gasteiger partial charge in [0.05, 0.1) is 5.41 Å². The summed E-state index contributed by atoms with van der Waals surface area (Å²) in [7, 11) is 0. The van der Waals surface area contributed by atoms with Gasteiger partial charge in [-0.15, -0.1) is 24.2 Å². The van der Waals surface area contributed by atoms with E-state index in [1.54, 1.807) is 11.8 Å². The summed E-state index contributed by atoms with van der Waals surface area (Å²) in [6.45, 7) is 1.19. The summed E-state index contributed by atoms with van der Waals surface area (Å²) in [4.78, 5) is 13.5. The molecule has 1 amide bonds. The molecule has 0 saturated heterocycles. The number of amides is 1.